The van der Waals surface area contributed by atoms with E-state index in [2.05, 4.69) is 77.7 Å². The Labute approximate surface area is 270 Å². The Morgan fingerprint density at radius 2 is 1.85 bits per heavy atom. The van der Waals surface area contributed by atoms with Crippen molar-refractivity contribution in [3.63, 3.8) is 0 Å². The summed E-state index contributed by atoms with van der Waals surface area (Å²) in [5, 5.41) is 12.0. The fourth-order valence-corrected chi connectivity index (χ4v) is 7.12. The Morgan fingerprint density at radius 1 is 1.07 bits per heavy atom. The molecule has 0 radical (unpaired) electrons. The fraction of sp³-hybridized carbons (Fsp3) is 0.457. The quantitative estimate of drug-likeness (QED) is 0.363. The van der Waals surface area contributed by atoms with E-state index in [0.29, 0.717) is 63.1 Å². The van der Waals surface area contributed by atoms with E-state index in [1.54, 1.807) is 16.7 Å². The van der Waals surface area contributed by atoms with Crippen molar-refractivity contribution in [3.8, 4) is 12.1 Å². The zero-order valence-corrected chi connectivity index (χ0v) is 27.0. The number of amides is 2. The number of ether oxygens (including phenoxy) is 1. The van der Waals surface area contributed by atoms with Crippen molar-refractivity contribution in [1.29, 1.82) is 5.26 Å². The number of fused-ring (bicyclic) bond motifs is 2. The smallest absolute Gasteiger partial charge is 0.318 e. The van der Waals surface area contributed by atoms with Crippen molar-refractivity contribution in [2.75, 3.05) is 67.6 Å². The van der Waals surface area contributed by atoms with Gasteiger partial charge in [0, 0.05) is 56.8 Å². The van der Waals surface area contributed by atoms with Gasteiger partial charge < -0.3 is 29.2 Å². The van der Waals surface area contributed by atoms with Crippen molar-refractivity contribution < 1.29 is 14.3 Å². The van der Waals surface area contributed by atoms with Crippen LogP contribution in [0.25, 0.3) is 10.8 Å². The van der Waals surface area contributed by atoms with Crippen LogP contribution in [0.4, 0.5) is 17.2 Å². The number of nitrogens with zero attached hydrogens (tertiary/aromatic N) is 8. The highest BCUT2D eigenvalue weighted by Gasteiger charge is 2.36. The highest BCUT2D eigenvalue weighted by atomic mass is 16.5. The van der Waals surface area contributed by atoms with Crippen LogP contribution in [0.2, 0.25) is 0 Å². The highest BCUT2D eigenvalue weighted by molar-refractivity contribution is 5.99. The van der Waals surface area contributed by atoms with Gasteiger partial charge in [-0.1, -0.05) is 36.9 Å². The van der Waals surface area contributed by atoms with Crippen molar-refractivity contribution in [1.82, 2.24) is 19.8 Å². The number of aromatic nitrogens is 2. The van der Waals surface area contributed by atoms with E-state index in [-0.39, 0.29) is 36.3 Å². The second-order valence-electron chi connectivity index (χ2n) is 12.5. The summed E-state index contributed by atoms with van der Waals surface area (Å²) in [6.45, 7) is 11.6. The molecule has 2 aromatic carbocycles. The molecular formula is C35H42N8O3. The lowest BCUT2D eigenvalue weighted by molar-refractivity contribution is -0.128. The Balaban J connectivity index is 1.44. The maximum Gasteiger partial charge on any atom is 0.318 e. The van der Waals surface area contributed by atoms with Crippen LogP contribution in [0.5, 0.6) is 6.01 Å². The molecule has 0 spiro atoms. The molecule has 3 aliphatic rings. The number of likely N-dealkylation sites (N-methyl/N-ethyl adjacent to an activating group) is 1. The van der Waals surface area contributed by atoms with Gasteiger partial charge in [0.2, 0.25) is 11.8 Å². The Hall–Kier alpha value is -4.69. The lowest BCUT2D eigenvalue weighted by Crippen LogP contribution is -2.55. The van der Waals surface area contributed by atoms with Crippen LogP contribution >= 0.6 is 0 Å². The number of anilines is 3. The molecule has 0 bridgehead atoms. The standard InChI is InChI=1S/C35H42N8O3/c1-5-31(45)43-20-18-41(21-27(43)14-15-36)34-33-29(37-35(38-34)46-23-28-12-8-16-39(28)4)22-40(17-19-42(33)25(3)44)30-13-7-11-26-10-6-9-24(2)32(26)30/h5-7,9-11,13,27-28H,1,8,12,14,16-23H2,2-4H3/t27-,28-/m0/s1. The predicted molar refractivity (Wildman–Crippen MR) is 179 cm³/mol. The molecule has 240 valence electrons. The minimum atomic E-state index is -0.349. The highest BCUT2D eigenvalue weighted by Crippen LogP contribution is 2.39. The third-order valence-corrected chi connectivity index (χ3v) is 9.58. The van der Waals surface area contributed by atoms with Gasteiger partial charge in [0.15, 0.2) is 5.82 Å². The number of rotatable bonds is 7. The average Bonchev–Trinajstić information content (AvgIpc) is 3.36. The molecule has 2 atom stereocenters. The number of carbonyl (C=O) groups excluding carboxylic acids is 2. The monoisotopic (exact) mass is 622 g/mol. The first-order valence-corrected chi connectivity index (χ1v) is 16.1. The first kappa shape index (κ1) is 31.3. The molecule has 0 saturated carbocycles. The minimum Gasteiger partial charge on any atom is -0.462 e. The molecule has 4 heterocycles. The van der Waals surface area contributed by atoms with Gasteiger partial charge in [-0.25, -0.2) is 0 Å². The lowest BCUT2D eigenvalue weighted by Gasteiger charge is -2.41. The molecule has 11 heteroatoms. The summed E-state index contributed by atoms with van der Waals surface area (Å²) >= 11 is 0. The maximum atomic E-state index is 13.3. The van der Waals surface area contributed by atoms with Crippen molar-refractivity contribution >= 4 is 39.8 Å². The molecule has 11 nitrogen and oxygen atoms in total. The molecule has 6 rings (SSSR count). The SMILES string of the molecule is C=CC(=O)N1CCN(c2nc(OC[C@@H]3CCCN3C)nc3c2N(C(C)=O)CCN(c2cccc4cccc(C)c24)C3)C[C@@H]1CC#N. The summed E-state index contributed by atoms with van der Waals surface area (Å²) in [5.41, 5.74) is 3.65. The molecule has 0 N–H and O–H groups in total. The van der Waals surface area contributed by atoms with E-state index in [1.807, 2.05) is 0 Å². The third kappa shape index (κ3) is 6.09. The summed E-state index contributed by atoms with van der Waals surface area (Å²) in [5.74, 6) is 0.300. The second kappa shape index (κ2) is 13.3. The number of carbonyl (C=O) groups is 2. The summed E-state index contributed by atoms with van der Waals surface area (Å²) < 4.78 is 6.33. The normalized spacial score (nSPS) is 20.3. The van der Waals surface area contributed by atoms with Gasteiger partial charge in [-0.05, 0) is 56.4 Å². The van der Waals surface area contributed by atoms with E-state index in [9.17, 15) is 14.9 Å². The van der Waals surface area contributed by atoms with Crippen molar-refractivity contribution in [2.45, 2.75) is 51.7 Å². The van der Waals surface area contributed by atoms with E-state index < -0.39 is 0 Å². The molecule has 1 aromatic heterocycles. The molecule has 3 aliphatic heterocycles. The van der Waals surface area contributed by atoms with Crippen LogP contribution in [0, 0.1) is 18.3 Å². The number of hydrogen-bond donors (Lipinski definition) is 0. The first-order valence-electron chi connectivity index (χ1n) is 16.1. The molecule has 2 saturated heterocycles. The number of benzene rings is 2. The second-order valence-corrected chi connectivity index (χ2v) is 12.5. The van der Waals surface area contributed by atoms with Gasteiger partial charge in [-0.15, -0.1) is 0 Å². The largest absolute Gasteiger partial charge is 0.462 e. The molecule has 0 unspecified atom stereocenters. The number of hydrogen-bond acceptors (Lipinski definition) is 9. The van der Waals surface area contributed by atoms with Crippen LogP contribution in [-0.2, 0) is 16.1 Å². The number of likely N-dealkylation sites (tertiary alicyclic amines) is 1. The number of aryl methyl sites for hydroxylation is 1. The first-order chi connectivity index (χ1) is 22.3. The lowest BCUT2D eigenvalue weighted by atomic mass is 10.0. The van der Waals surface area contributed by atoms with Crippen LogP contribution in [0.1, 0.15) is 37.4 Å². The van der Waals surface area contributed by atoms with Gasteiger partial charge in [0.25, 0.3) is 0 Å². The molecule has 46 heavy (non-hydrogen) atoms. The summed E-state index contributed by atoms with van der Waals surface area (Å²) in [4.78, 5) is 46.1. The molecule has 3 aromatic rings. The molecule has 2 fully saturated rings. The van der Waals surface area contributed by atoms with Gasteiger partial charge >= 0.3 is 6.01 Å². The van der Waals surface area contributed by atoms with E-state index in [4.69, 9.17) is 14.7 Å². The van der Waals surface area contributed by atoms with Gasteiger partial charge in [-0.2, -0.15) is 15.2 Å². The summed E-state index contributed by atoms with van der Waals surface area (Å²) in [6.07, 6.45) is 3.65. The van der Waals surface area contributed by atoms with Crippen molar-refractivity contribution in [2.24, 2.45) is 0 Å². The molecular weight excluding hydrogens is 580 g/mol. The summed E-state index contributed by atoms with van der Waals surface area (Å²) in [6, 6.07) is 15.1. The van der Waals surface area contributed by atoms with Gasteiger partial charge in [0.05, 0.1) is 30.8 Å². The average molecular weight is 623 g/mol. The molecule has 0 aliphatic carbocycles. The zero-order chi connectivity index (χ0) is 32.4. The Morgan fingerprint density at radius 3 is 2.57 bits per heavy atom. The van der Waals surface area contributed by atoms with Crippen LogP contribution in [0.15, 0.2) is 49.1 Å². The van der Waals surface area contributed by atoms with Crippen molar-refractivity contribution in [3.05, 3.63) is 60.3 Å². The summed E-state index contributed by atoms with van der Waals surface area (Å²) in [7, 11) is 2.11. The van der Waals surface area contributed by atoms with E-state index in [0.717, 1.165) is 30.5 Å². The number of nitriles is 1. The van der Waals surface area contributed by atoms with E-state index in [1.165, 1.54) is 17.0 Å². The van der Waals surface area contributed by atoms with Gasteiger partial charge in [-0.3, -0.25) is 9.59 Å². The van der Waals surface area contributed by atoms with Crippen LogP contribution in [0.3, 0.4) is 0 Å². The molecule has 2 amide bonds. The maximum absolute atomic E-state index is 13.3. The van der Waals surface area contributed by atoms with Crippen LogP contribution in [-0.4, -0.2) is 96.6 Å². The third-order valence-electron chi connectivity index (χ3n) is 9.58. The zero-order valence-electron chi connectivity index (χ0n) is 27.0. The number of piperazine rings is 1. The fourth-order valence-electron chi connectivity index (χ4n) is 7.12. The Bertz CT molecular complexity index is 1680. The predicted octanol–water partition coefficient (Wildman–Crippen LogP) is 3.90. The van der Waals surface area contributed by atoms with Crippen LogP contribution < -0.4 is 19.4 Å². The van der Waals surface area contributed by atoms with Gasteiger partial charge in [0.1, 0.15) is 12.3 Å². The Kier molecular flexibility index (Phi) is 9.08. The minimum absolute atomic E-state index is 0.0997. The van der Waals surface area contributed by atoms with E-state index >= 15 is 0 Å². The topological polar surface area (TPSA) is 109 Å².